The molecule has 0 atom stereocenters. The van der Waals surface area contributed by atoms with E-state index in [1.54, 1.807) is 11.9 Å². The summed E-state index contributed by atoms with van der Waals surface area (Å²) in [6.07, 6.45) is 4.93. The second-order valence-electron chi connectivity index (χ2n) is 5.25. The molecule has 1 amide bonds. The Kier molecular flexibility index (Phi) is 4.44. The Morgan fingerprint density at radius 2 is 2.15 bits per heavy atom. The fourth-order valence-electron chi connectivity index (χ4n) is 2.38. The summed E-state index contributed by atoms with van der Waals surface area (Å²) in [6.45, 7) is 3.28. The van der Waals surface area contributed by atoms with Crippen LogP contribution in [0.2, 0.25) is 0 Å². The van der Waals surface area contributed by atoms with Gasteiger partial charge in [0.2, 0.25) is 0 Å². The highest BCUT2D eigenvalue weighted by Crippen LogP contribution is 2.28. The standard InChI is InChI=1S/C13H19ClN2O3S/c1-3-16(8-10-5-4-6-10)13(17)12-7-11(9-15(12)2)20(14,18)19/h7,9-10H,3-6,8H2,1-2H3. The number of aromatic nitrogens is 1. The molecule has 0 aromatic carbocycles. The number of rotatable bonds is 5. The Balaban J connectivity index is 2.20. The first-order valence-corrected chi connectivity index (χ1v) is 9.04. The van der Waals surface area contributed by atoms with Crippen LogP contribution in [0.3, 0.4) is 0 Å². The molecular weight excluding hydrogens is 300 g/mol. The molecular formula is C13H19ClN2O3S. The molecule has 0 saturated heterocycles. The van der Waals surface area contributed by atoms with Gasteiger partial charge in [0.05, 0.1) is 0 Å². The molecule has 0 N–H and O–H groups in total. The van der Waals surface area contributed by atoms with Crippen molar-refractivity contribution < 1.29 is 13.2 Å². The SMILES string of the molecule is CCN(CC1CCC1)C(=O)c1cc(S(=O)(=O)Cl)cn1C. The van der Waals surface area contributed by atoms with Crippen molar-refractivity contribution in [2.45, 2.75) is 31.1 Å². The van der Waals surface area contributed by atoms with Crippen LogP contribution in [-0.4, -0.2) is 36.9 Å². The summed E-state index contributed by atoms with van der Waals surface area (Å²) >= 11 is 0. The molecule has 0 aliphatic heterocycles. The van der Waals surface area contributed by atoms with E-state index in [0.717, 1.165) is 19.4 Å². The summed E-state index contributed by atoms with van der Waals surface area (Å²) < 4.78 is 24.2. The Morgan fingerprint density at radius 3 is 2.55 bits per heavy atom. The largest absolute Gasteiger partial charge is 0.345 e. The zero-order valence-electron chi connectivity index (χ0n) is 11.7. The van der Waals surface area contributed by atoms with Crippen LogP contribution in [0.4, 0.5) is 0 Å². The van der Waals surface area contributed by atoms with Crippen molar-refractivity contribution in [3.63, 3.8) is 0 Å². The van der Waals surface area contributed by atoms with Gasteiger partial charge in [-0.1, -0.05) is 6.42 Å². The van der Waals surface area contributed by atoms with E-state index in [0.29, 0.717) is 18.2 Å². The van der Waals surface area contributed by atoms with Crippen molar-refractivity contribution >= 4 is 25.6 Å². The minimum Gasteiger partial charge on any atom is -0.345 e. The Morgan fingerprint density at radius 1 is 1.50 bits per heavy atom. The number of aryl methyl sites for hydroxylation is 1. The molecule has 0 spiro atoms. The third-order valence-corrected chi connectivity index (χ3v) is 5.17. The third-order valence-electron chi connectivity index (χ3n) is 3.85. The average molecular weight is 319 g/mol. The first kappa shape index (κ1) is 15.4. The first-order chi connectivity index (χ1) is 9.32. The average Bonchev–Trinajstić information content (AvgIpc) is 2.69. The molecule has 1 aliphatic rings. The maximum Gasteiger partial charge on any atom is 0.270 e. The van der Waals surface area contributed by atoms with E-state index in [9.17, 15) is 13.2 Å². The van der Waals surface area contributed by atoms with Crippen molar-refractivity contribution in [3.05, 3.63) is 18.0 Å². The maximum atomic E-state index is 12.5. The van der Waals surface area contributed by atoms with Crippen LogP contribution in [0.5, 0.6) is 0 Å². The highest BCUT2D eigenvalue weighted by atomic mass is 35.7. The fourth-order valence-corrected chi connectivity index (χ4v) is 3.17. The van der Waals surface area contributed by atoms with Crippen LogP contribution >= 0.6 is 10.7 Å². The lowest BCUT2D eigenvalue weighted by Gasteiger charge is -2.31. The van der Waals surface area contributed by atoms with Crippen LogP contribution in [0.15, 0.2) is 17.2 Å². The number of hydrogen-bond donors (Lipinski definition) is 0. The molecule has 7 heteroatoms. The zero-order valence-corrected chi connectivity index (χ0v) is 13.2. The number of hydrogen-bond acceptors (Lipinski definition) is 3. The summed E-state index contributed by atoms with van der Waals surface area (Å²) in [6, 6.07) is 1.34. The van der Waals surface area contributed by atoms with Gasteiger partial charge in [-0.15, -0.1) is 0 Å². The van der Waals surface area contributed by atoms with Crippen molar-refractivity contribution in [1.29, 1.82) is 0 Å². The Hall–Kier alpha value is -1.01. The van der Waals surface area contributed by atoms with Crippen LogP contribution in [0, 0.1) is 5.92 Å². The first-order valence-electron chi connectivity index (χ1n) is 6.73. The molecule has 20 heavy (non-hydrogen) atoms. The lowest BCUT2D eigenvalue weighted by molar-refractivity contribution is 0.0697. The number of amides is 1. The van der Waals surface area contributed by atoms with Gasteiger partial charge in [0, 0.05) is 37.0 Å². The van der Waals surface area contributed by atoms with E-state index in [4.69, 9.17) is 10.7 Å². The number of halogens is 1. The van der Waals surface area contributed by atoms with E-state index >= 15 is 0 Å². The summed E-state index contributed by atoms with van der Waals surface area (Å²) in [4.78, 5) is 14.2. The van der Waals surface area contributed by atoms with Gasteiger partial charge in [-0.2, -0.15) is 0 Å². The minimum atomic E-state index is -3.81. The quantitative estimate of drug-likeness (QED) is 0.782. The number of carbonyl (C=O) groups excluding carboxylic acids is 1. The van der Waals surface area contributed by atoms with E-state index < -0.39 is 9.05 Å². The number of nitrogens with zero attached hydrogens (tertiary/aromatic N) is 2. The second-order valence-corrected chi connectivity index (χ2v) is 7.82. The van der Waals surface area contributed by atoms with Crippen LogP contribution in [0.1, 0.15) is 36.7 Å². The highest BCUT2D eigenvalue weighted by molar-refractivity contribution is 8.13. The van der Waals surface area contributed by atoms with E-state index in [1.165, 1.54) is 23.3 Å². The summed E-state index contributed by atoms with van der Waals surface area (Å²) in [5.41, 5.74) is 0.352. The number of carbonyl (C=O) groups is 1. The zero-order chi connectivity index (χ0) is 14.9. The van der Waals surface area contributed by atoms with Gasteiger partial charge in [-0.3, -0.25) is 4.79 Å². The topological polar surface area (TPSA) is 59.4 Å². The van der Waals surface area contributed by atoms with Gasteiger partial charge < -0.3 is 9.47 Å². The summed E-state index contributed by atoms with van der Waals surface area (Å²) in [5, 5.41) is 0. The minimum absolute atomic E-state index is 0.0373. The Labute approximate surface area is 123 Å². The van der Waals surface area contributed by atoms with Crippen LogP contribution in [-0.2, 0) is 16.1 Å². The smallest absolute Gasteiger partial charge is 0.270 e. The van der Waals surface area contributed by atoms with Gasteiger partial charge in [-0.25, -0.2) is 8.42 Å². The molecule has 1 aromatic rings. The fraction of sp³-hybridized carbons (Fsp3) is 0.615. The van der Waals surface area contributed by atoms with Crippen molar-refractivity contribution in [2.24, 2.45) is 13.0 Å². The summed E-state index contributed by atoms with van der Waals surface area (Å²) in [7, 11) is 3.15. The van der Waals surface area contributed by atoms with Gasteiger partial charge in [0.1, 0.15) is 10.6 Å². The van der Waals surface area contributed by atoms with E-state index in [2.05, 4.69) is 0 Å². The molecule has 1 aliphatic carbocycles. The predicted molar refractivity (Wildman–Crippen MR) is 77.4 cm³/mol. The molecule has 1 fully saturated rings. The Bertz CT molecular complexity index is 605. The third kappa shape index (κ3) is 3.17. The van der Waals surface area contributed by atoms with E-state index in [1.807, 2.05) is 6.92 Å². The molecule has 1 saturated carbocycles. The normalized spacial score (nSPS) is 15.9. The molecule has 112 valence electrons. The predicted octanol–water partition coefficient (Wildman–Crippen LogP) is 2.21. The monoisotopic (exact) mass is 318 g/mol. The van der Waals surface area contributed by atoms with Crippen molar-refractivity contribution in [3.8, 4) is 0 Å². The van der Waals surface area contributed by atoms with Crippen molar-refractivity contribution in [2.75, 3.05) is 13.1 Å². The lowest BCUT2D eigenvalue weighted by Crippen LogP contribution is -2.38. The van der Waals surface area contributed by atoms with Gasteiger partial charge in [0.25, 0.3) is 15.0 Å². The van der Waals surface area contributed by atoms with Gasteiger partial charge >= 0.3 is 0 Å². The molecule has 1 aromatic heterocycles. The highest BCUT2D eigenvalue weighted by Gasteiger charge is 2.26. The molecule has 0 radical (unpaired) electrons. The lowest BCUT2D eigenvalue weighted by atomic mass is 9.85. The van der Waals surface area contributed by atoms with Crippen molar-refractivity contribution in [1.82, 2.24) is 9.47 Å². The van der Waals surface area contributed by atoms with Crippen LogP contribution in [0.25, 0.3) is 0 Å². The summed E-state index contributed by atoms with van der Waals surface area (Å²) in [5.74, 6) is 0.434. The molecule has 0 bridgehead atoms. The van der Waals surface area contributed by atoms with Crippen LogP contribution < -0.4 is 0 Å². The van der Waals surface area contributed by atoms with Gasteiger partial charge in [-0.05, 0) is 31.7 Å². The molecule has 2 rings (SSSR count). The maximum absolute atomic E-state index is 12.5. The van der Waals surface area contributed by atoms with Gasteiger partial charge in [0.15, 0.2) is 0 Å². The molecule has 1 heterocycles. The van der Waals surface area contributed by atoms with E-state index in [-0.39, 0.29) is 10.8 Å². The molecule has 5 nitrogen and oxygen atoms in total. The molecule has 0 unspecified atom stereocenters. The second kappa shape index (κ2) is 5.77.